The van der Waals surface area contributed by atoms with Crippen molar-refractivity contribution >= 4 is 71.3 Å². The monoisotopic (exact) mass is 458 g/mol. The molecule has 0 spiro atoms. The lowest BCUT2D eigenvalue weighted by molar-refractivity contribution is -0.384. The molecule has 0 aliphatic carbocycles. The van der Waals surface area contributed by atoms with E-state index in [2.05, 4.69) is 9.88 Å². The summed E-state index contributed by atoms with van der Waals surface area (Å²) in [6, 6.07) is 12.2. The third kappa shape index (κ3) is 3.38. The van der Waals surface area contributed by atoms with Crippen LogP contribution in [0.25, 0.3) is 20.3 Å². The van der Waals surface area contributed by atoms with E-state index in [1.165, 1.54) is 23.5 Å². The summed E-state index contributed by atoms with van der Waals surface area (Å²) in [6.07, 6.45) is 0. The lowest BCUT2D eigenvalue weighted by Crippen LogP contribution is -2.48. The molecule has 1 saturated heterocycles. The highest BCUT2D eigenvalue weighted by Gasteiger charge is 2.25. The fourth-order valence-corrected chi connectivity index (χ4v) is 5.87. The number of carbonyl (C=O) groups excluding carboxylic acids is 1. The number of hydrogen-bond donors (Lipinski definition) is 0. The van der Waals surface area contributed by atoms with Gasteiger partial charge in [-0.3, -0.25) is 14.9 Å². The molecule has 1 aliphatic heterocycles. The Bertz CT molecular complexity index is 1290. The summed E-state index contributed by atoms with van der Waals surface area (Å²) in [5.74, 6) is -0.0363. The zero-order valence-electron chi connectivity index (χ0n) is 15.6. The van der Waals surface area contributed by atoms with Crippen LogP contribution in [0.3, 0.4) is 0 Å². The van der Waals surface area contributed by atoms with Crippen LogP contribution in [0.15, 0.2) is 42.5 Å². The van der Waals surface area contributed by atoms with Gasteiger partial charge in [-0.25, -0.2) is 4.98 Å². The van der Waals surface area contributed by atoms with Gasteiger partial charge >= 0.3 is 0 Å². The first kappa shape index (κ1) is 19.2. The average Bonchev–Trinajstić information content (AvgIpc) is 3.38. The number of benzene rings is 2. The maximum absolute atomic E-state index is 13.0. The fourth-order valence-electron chi connectivity index (χ4n) is 3.54. The third-order valence-corrected chi connectivity index (χ3v) is 7.61. The number of nitrogens with zero attached hydrogens (tertiary/aromatic N) is 4. The molecule has 7 nitrogen and oxygen atoms in total. The minimum Gasteiger partial charge on any atom is -0.345 e. The Balaban J connectivity index is 1.31. The second kappa shape index (κ2) is 7.50. The topological polar surface area (TPSA) is 79.6 Å². The Kier molecular flexibility index (Phi) is 4.80. The van der Waals surface area contributed by atoms with Gasteiger partial charge in [-0.05, 0) is 24.3 Å². The van der Waals surface area contributed by atoms with Crippen LogP contribution in [-0.4, -0.2) is 46.9 Å². The van der Waals surface area contributed by atoms with Crippen molar-refractivity contribution < 1.29 is 9.72 Å². The molecule has 4 aromatic rings. The summed E-state index contributed by atoms with van der Waals surface area (Å²) in [5.41, 5.74) is 0.848. The van der Waals surface area contributed by atoms with Crippen molar-refractivity contribution in [2.24, 2.45) is 0 Å². The molecule has 2 aromatic carbocycles. The van der Waals surface area contributed by atoms with Crippen molar-refractivity contribution in [3.63, 3.8) is 0 Å². The summed E-state index contributed by atoms with van der Waals surface area (Å²) in [6.45, 7) is 2.58. The molecular formula is C20H15ClN4O3S2. The number of amides is 1. The Morgan fingerprint density at radius 1 is 1.07 bits per heavy atom. The molecule has 152 valence electrons. The first-order chi connectivity index (χ1) is 14.5. The third-order valence-electron chi connectivity index (χ3n) is 5.12. The van der Waals surface area contributed by atoms with E-state index >= 15 is 0 Å². The van der Waals surface area contributed by atoms with Gasteiger partial charge < -0.3 is 9.80 Å². The number of para-hydroxylation sites is 1. The summed E-state index contributed by atoms with van der Waals surface area (Å²) >= 11 is 9.21. The standard InChI is InChI=1S/C20H15ClN4O3S2/c21-14-2-1-3-16-18(14)22-20(30-16)24-8-6-23(7-9-24)19(26)17-11-12-10-13(25(27)28)4-5-15(12)29-17/h1-5,10-11H,6-9H2. The molecule has 0 atom stereocenters. The summed E-state index contributed by atoms with van der Waals surface area (Å²) in [5, 5.41) is 13.3. The molecule has 5 rings (SSSR count). The van der Waals surface area contributed by atoms with E-state index in [1.807, 2.05) is 23.1 Å². The largest absolute Gasteiger partial charge is 0.345 e. The number of nitro benzene ring substituents is 1. The van der Waals surface area contributed by atoms with Crippen LogP contribution >= 0.6 is 34.3 Å². The van der Waals surface area contributed by atoms with E-state index in [0.29, 0.717) is 36.1 Å². The van der Waals surface area contributed by atoms with E-state index in [-0.39, 0.29) is 11.6 Å². The van der Waals surface area contributed by atoms with Crippen LogP contribution in [0.5, 0.6) is 0 Å². The number of aromatic nitrogens is 1. The molecule has 2 aromatic heterocycles. The van der Waals surface area contributed by atoms with Gasteiger partial charge in [0.05, 0.1) is 19.5 Å². The number of fused-ring (bicyclic) bond motifs is 2. The van der Waals surface area contributed by atoms with Gasteiger partial charge in [0, 0.05) is 48.4 Å². The Morgan fingerprint density at radius 2 is 1.87 bits per heavy atom. The Hall–Kier alpha value is -2.75. The number of halogens is 1. The van der Waals surface area contributed by atoms with Crippen LogP contribution < -0.4 is 4.90 Å². The van der Waals surface area contributed by atoms with E-state index in [4.69, 9.17) is 11.6 Å². The summed E-state index contributed by atoms with van der Waals surface area (Å²) in [7, 11) is 0. The Labute approximate surface area is 184 Å². The molecule has 1 fully saturated rings. The molecule has 0 saturated carbocycles. The van der Waals surface area contributed by atoms with Crippen LogP contribution in [0.1, 0.15) is 9.67 Å². The van der Waals surface area contributed by atoms with E-state index in [0.717, 1.165) is 25.4 Å². The van der Waals surface area contributed by atoms with Gasteiger partial charge in [-0.1, -0.05) is 29.0 Å². The minimum absolute atomic E-state index is 0.0313. The maximum Gasteiger partial charge on any atom is 0.270 e. The molecule has 0 bridgehead atoms. The van der Waals surface area contributed by atoms with Gasteiger partial charge in [0.2, 0.25) is 0 Å². The molecule has 3 heterocycles. The highest BCUT2D eigenvalue weighted by molar-refractivity contribution is 7.22. The highest BCUT2D eigenvalue weighted by atomic mass is 35.5. The van der Waals surface area contributed by atoms with E-state index in [1.54, 1.807) is 23.5 Å². The van der Waals surface area contributed by atoms with Crippen LogP contribution in [0.2, 0.25) is 5.02 Å². The summed E-state index contributed by atoms with van der Waals surface area (Å²) < 4.78 is 1.92. The van der Waals surface area contributed by atoms with Crippen molar-refractivity contribution in [2.75, 3.05) is 31.1 Å². The number of thiazole rings is 1. The minimum atomic E-state index is -0.424. The van der Waals surface area contributed by atoms with Crippen molar-refractivity contribution in [1.29, 1.82) is 0 Å². The van der Waals surface area contributed by atoms with Crippen molar-refractivity contribution in [3.05, 3.63) is 62.5 Å². The quantitative estimate of drug-likeness (QED) is 0.317. The number of hydrogen-bond acceptors (Lipinski definition) is 7. The predicted molar refractivity (Wildman–Crippen MR) is 121 cm³/mol. The smallest absolute Gasteiger partial charge is 0.270 e. The first-order valence-corrected chi connectivity index (χ1v) is 11.3. The lowest BCUT2D eigenvalue weighted by Gasteiger charge is -2.34. The molecule has 30 heavy (non-hydrogen) atoms. The molecular weight excluding hydrogens is 444 g/mol. The van der Waals surface area contributed by atoms with Gasteiger partial charge in [0.25, 0.3) is 11.6 Å². The van der Waals surface area contributed by atoms with E-state index < -0.39 is 4.92 Å². The number of nitro groups is 1. The Morgan fingerprint density at radius 3 is 2.60 bits per heavy atom. The number of non-ortho nitro benzene ring substituents is 1. The zero-order chi connectivity index (χ0) is 20.8. The van der Waals surface area contributed by atoms with Crippen molar-refractivity contribution in [3.8, 4) is 0 Å². The number of piperazine rings is 1. The number of thiophene rings is 1. The first-order valence-electron chi connectivity index (χ1n) is 9.27. The normalized spacial score (nSPS) is 14.6. The predicted octanol–water partition coefficient (Wildman–Crippen LogP) is 5.04. The molecule has 0 N–H and O–H groups in total. The molecule has 1 amide bonds. The maximum atomic E-state index is 13.0. The zero-order valence-corrected chi connectivity index (χ0v) is 18.0. The van der Waals surface area contributed by atoms with E-state index in [9.17, 15) is 14.9 Å². The highest BCUT2D eigenvalue weighted by Crippen LogP contribution is 2.34. The SMILES string of the molecule is O=C(c1cc2cc([N+](=O)[O-])ccc2s1)N1CCN(c2nc3c(Cl)cccc3s2)CC1. The number of anilines is 1. The second-order valence-corrected chi connectivity index (χ2v) is 9.45. The fraction of sp³-hybridized carbons (Fsp3) is 0.200. The van der Waals surface area contributed by atoms with Gasteiger partial charge in [0.1, 0.15) is 5.52 Å². The molecule has 10 heteroatoms. The number of rotatable bonds is 3. The van der Waals surface area contributed by atoms with Crippen molar-refractivity contribution in [2.45, 2.75) is 0 Å². The number of carbonyl (C=O) groups is 1. The molecule has 0 radical (unpaired) electrons. The molecule has 1 aliphatic rings. The van der Waals surface area contributed by atoms with Gasteiger partial charge in [0.15, 0.2) is 5.13 Å². The average molecular weight is 459 g/mol. The van der Waals surface area contributed by atoms with Crippen LogP contribution in [-0.2, 0) is 0 Å². The van der Waals surface area contributed by atoms with Crippen LogP contribution in [0, 0.1) is 10.1 Å². The van der Waals surface area contributed by atoms with Gasteiger partial charge in [-0.15, -0.1) is 11.3 Å². The van der Waals surface area contributed by atoms with Crippen LogP contribution in [0.4, 0.5) is 10.8 Å². The second-order valence-electron chi connectivity index (χ2n) is 6.95. The van der Waals surface area contributed by atoms with Gasteiger partial charge in [-0.2, -0.15) is 0 Å². The lowest BCUT2D eigenvalue weighted by atomic mass is 10.2. The molecule has 0 unspecified atom stereocenters. The summed E-state index contributed by atoms with van der Waals surface area (Å²) in [4.78, 5) is 32.8. The van der Waals surface area contributed by atoms with Crippen molar-refractivity contribution in [1.82, 2.24) is 9.88 Å².